The van der Waals surface area contributed by atoms with E-state index in [2.05, 4.69) is 294 Å². The molecule has 6 atom stereocenters. The van der Waals surface area contributed by atoms with E-state index < -0.39 is 0 Å². The molecule has 6 bridgehead atoms. The summed E-state index contributed by atoms with van der Waals surface area (Å²) >= 11 is 0. The quantitative estimate of drug-likeness (QED) is 0.141. The van der Waals surface area contributed by atoms with Crippen molar-refractivity contribution in [3.63, 3.8) is 0 Å². The number of rotatable bonds is 8. The predicted octanol–water partition coefficient (Wildman–Crippen LogP) is 26.4. The summed E-state index contributed by atoms with van der Waals surface area (Å²) in [6.45, 7) is 0. The SMILES string of the molecule is N#Cc1cccc(-c2nc(-c3cccc(-c4ccc5ccc6c(c5c4)c4ccc(-c5ccc7c(c5)-c5ccccc5C75C7CC8CC9CC5C97C8)cc4n6-c4nc(-c5ccccc5)c5ccc6ccccc6c5n4)c3)nc(-n3c4ccc(-c5ccc6c(c5)C5(c7ccccc7-6)C6CC7CC(C6)CC5C7)cc4c4c5ccccc5ccc43)n2)c1. The van der Waals surface area contributed by atoms with E-state index in [1.54, 1.807) is 22.3 Å². The van der Waals surface area contributed by atoms with Crippen molar-refractivity contribution < 1.29 is 0 Å². The molecule has 0 aliphatic heterocycles. The van der Waals surface area contributed by atoms with Gasteiger partial charge in [-0.3, -0.25) is 9.13 Å². The lowest BCUT2D eigenvalue weighted by Gasteiger charge is -2.76. The van der Waals surface area contributed by atoms with Crippen LogP contribution < -0.4 is 0 Å². The van der Waals surface area contributed by atoms with Crippen LogP contribution in [-0.2, 0) is 10.8 Å². The van der Waals surface area contributed by atoms with Gasteiger partial charge in [0.15, 0.2) is 11.6 Å². The molecule has 8 nitrogen and oxygen atoms in total. The highest BCUT2D eigenvalue weighted by molar-refractivity contribution is 6.24. The monoisotopic (exact) mass is 1510 g/mol. The molecule has 8 saturated carbocycles. The second-order valence-corrected chi connectivity index (χ2v) is 36.5. The van der Waals surface area contributed by atoms with Crippen LogP contribution in [-0.4, -0.2) is 34.1 Å². The molecule has 3 spiro atoms. The third-order valence-electron chi connectivity index (χ3n) is 31.6. The first-order valence-electron chi connectivity index (χ1n) is 42.9. The molecule has 10 aliphatic rings. The summed E-state index contributed by atoms with van der Waals surface area (Å²) in [5.74, 6) is 8.52. The van der Waals surface area contributed by atoms with Crippen LogP contribution in [0.3, 0.4) is 0 Å². The molecular formula is C110H76N8. The number of hydrogen-bond acceptors (Lipinski definition) is 6. The highest BCUT2D eigenvalue weighted by Crippen LogP contribution is 2.90. The standard InChI is InChI=1S/C110H76N8/c111-60-61-14-12-20-75(45-61)104-114-105(116-107(115-104)117-94-41-36-72(55-89(94)100-80-22-6-4-15-65(80)34-42-95(100)117)73-31-37-84-82-24-8-10-26-90(82)109(93(84)56-73)78-46-62-44-63(48-78)49-79(109)47-62)76-21-13-19-69(52-76)70-29-28-67-35-43-96-101(87(67)53-70)85-38-32-74(57-97(85)118(96)106-112-102(68-17-2-1-3-18-68)86-39-30-66-16-5-7-23-81(66)103(86)113-106)71-33-40-92-88(54-71)83-25-9-11-27-91(83)110(92)98-51-64-50-77-58-99(110)108(77,98)59-64/h1-43,45,52-57,62-64,77-79,98-99H,44,46-51,58-59H2. The van der Waals surface area contributed by atoms with E-state index in [-0.39, 0.29) is 10.8 Å². The summed E-state index contributed by atoms with van der Waals surface area (Å²) in [7, 11) is 0. The van der Waals surface area contributed by atoms with Crippen molar-refractivity contribution in [2.45, 2.75) is 68.6 Å². The average molecular weight is 1510 g/mol. The zero-order valence-electron chi connectivity index (χ0n) is 64.9. The van der Waals surface area contributed by atoms with Crippen molar-refractivity contribution in [1.82, 2.24) is 34.1 Å². The Kier molecular flexibility index (Phi) is 12.7. The van der Waals surface area contributed by atoms with E-state index in [4.69, 9.17) is 24.9 Å². The minimum absolute atomic E-state index is 0.0567. The summed E-state index contributed by atoms with van der Waals surface area (Å²) < 4.78 is 4.60. The molecule has 19 aromatic rings. The van der Waals surface area contributed by atoms with Gasteiger partial charge in [0.2, 0.25) is 11.9 Å². The number of aromatic nitrogens is 7. The minimum Gasteiger partial charge on any atom is -0.278 e. The molecule has 0 saturated heterocycles. The fourth-order valence-electron chi connectivity index (χ4n) is 27.5. The lowest BCUT2D eigenvalue weighted by atomic mass is 9.27. The lowest BCUT2D eigenvalue weighted by molar-refractivity contribution is -0.231. The maximum absolute atomic E-state index is 10.4. The van der Waals surface area contributed by atoms with Gasteiger partial charge in [-0.05, 0) is 288 Å². The summed E-state index contributed by atoms with van der Waals surface area (Å²) in [4.78, 5) is 28.0. The maximum Gasteiger partial charge on any atom is 0.238 e. The minimum atomic E-state index is 0.0567. The van der Waals surface area contributed by atoms with Gasteiger partial charge in [0.1, 0.15) is 0 Å². The van der Waals surface area contributed by atoms with Gasteiger partial charge in [0.05, 0.1) is 44.9 Å². The van der Waals surface area contributed by atoms with Crippen LogP contribution in [0, 0.1) is 64.1 Å². The topological polar surface area (TPSA) is 98.1 Å². The van der Waals surface area contributed by atoms with Crippen LogP contribution in [0.5, 0.6) is 0 Å². The van der Waals surface area contributed by atoms with Crippen LogP contribution in [0.2, 0.25) is 0 Å². The highest BCUT2D eigenvalue weighted by atomic mass is 15.2. The number of hydrogen-bond donors (Lipinski definition) is 0. The number of nitrogens with zero attached hydrogens (tertiary/aromatic N) is 8. The Balaban J connectivity index is 0.609. The van der Waals surface area contributed by atoms with Gasteiger partial charge in [-0.15, -0.1) is 0 Å². The molecule has 556 valence electrons. The van der Waals surface area contributed by atoms with E-state index in [0.717, 1.165) is 151 Å². The van der Waals surface area contributed by atoms with Gasteiger partial charge in [-0.2, -0.15) is 15.2 Å². The molecule has 4 aromatic heterocycles. The van der Waals surface area contributed by atoms with Crippen LogP contribution in [0.1, 0.15) is 85.6 Å². The van der Waals surface area contributed by atoms with Crippen molar-refractivity contribution in [2.75, 3.05) is 0 Å². The Labute approximate surface area is 681 Å². The third-order valence-corrected chi connectivity index (χ3v) is 31.6. The molecule has 8 heteroatoms. The zero-order chi connectivity index (χ0) is 76.8. The van der Waals surface area contributed by atoms with Crippen LogP contribution in [0.15, 0.2) is 303 Å². The number of fused-ring (bicyclic) bond motifs is 24. The molecule has 0 amide bonds. The molecule has 10 aliphatic carbocycles. The molecular weight excluding hydrogens is 1430 g/mol. The van der Waals surface area contributed by atoms with Crippen molar-refractivity contribution in [1.29, 1.82) is 5.26 Å². The van der Waals surface area contributed by atoms with Crippen molar-refractivity contribution in [3.05, 3.63) is 331 Å². The Hall–Kier alpha value is -13.5. The molecule has 8 fully saturated rings. The summed E-state index contributed by atoms with van der Waals surface area (Å²) in [6.07, 6.45) is 12.5. The molecule has 15 aromatic carbocycles. The summed E-state index contributed by atoms with van der Waals surface area (Å²) in [5.41, 5.74) is 28.7. The smallest absolute Gasteiger partial charge is 0.238 e. The molecule has 0 radical (unpaired) electrons. The van der Waals surface area contributed by atoms with Crippen molar-refractivity contribution in [2.24, 2.45) is 52.8 Å². The third kappa shape index (κ3) is 8.36. The van der Waals surface area contributed by atoms with Gasteiger partial charge in [-0.1, -0.05) is 231 Å². The van der Waals surface area contributed by atoms with E-state index in [0.29, 0.717) is 46.4 Å². The Morgan fingerprint density at radius 3 is 1.63 bits per heavy atom. The fourth-order valence-corrected chi connectivity index (χ4v) is 27.5. The van der Waals surface area contributed by atoms with Crippen LogP contribution >= 0.6 is 0 Å². The Bertz CT molecular complexity index is 7780. The summed E-state index contributed by atoms with van der Waals surface area (Å²) in [6, 6.07) is 115. The van der Waals surface area contributed by atoms with Crippen LogP contribution in [0.4, 0.5) is 0 Å². The largest absolute Gasteiger partial charge is 0.278 e. The van der Waals surface area contributed by atoms with Crippen LogP contribution in [0.25, 0.3) is 188 Å². The molecule has 4 heterocycles. The average Bonchev–Trinajstić information content (AvgIpc) is 1.32. The first-order valence-corrected chi connectivity index (χ1v) is 42.9. The van der Waals surface area contributed by atoms with E-state index in [9.17, 15) is 5.26 Å². The number of benzene rings is 15. The van der Waals surface area contributed by atoms with E-state index in [1.165, 1.54) is 108 Å². The normalized spacial score (nSPS) is 24.1. The molecule has 29 rings (SSSR count). The highest BCUT2D eigenvalue weighted by Gasteiger charge is 2.84. The van der Waals surface area contributed by atoms with E-state index in [1.807, 2.05) is 24.3 Å². The second-order valence-electron chi connectivity index (χ2n) is 36.5. The lowest BCUT2D eigenvalue weighted by Crippen LogP contribution is -2.73. The first-order chi connectivity index (χ1) is 58.3. The Morgan fingerprint density at radius 1 is 0.297 bits per heavy atom. The second kappa shape index (κ2) is 23.2. The molecule has 6 unspecified atom stereocenters. The fraction of sp³-hybridized carbons (Fsp3) is 0.182. The van der Waals surface area contributed by atoms with Gasteiger partial charge >= 0.3 is 0 Å². The van der Waals surface area contributed by atoms with E-state index >= 15 is 0 Å². The molecule has 0 N–H and O–H groups in total. The molecule has 118 heavy (non-hydrogen) atoms. The zero-order valence-corrected chi connectivity index (χ0v) is 64.9. The Morgan fingerprint density at radius 2 is 0.831 bits per heavy atom. The van der Waals surface area contributed by atoms with Crippen molar-refractivity contribution in [3.8, 4) is 108 Å². The van der Waals surface area contributed by atoms with Gasteiger partial charge < -0.3 is 0 Å². The number of nitriles is 1. The first kappa shape index (κ1) is 64.8. The van der Waals surface area contributed by atoms with Gasteiger partial charge in [-0.25, -0.2) is 15.0 Å². The van der Waals surface area contributed by atoms with Gasteiger partial charge in [0, 0.05) is 59.8 Å². The van der Waals surface area contributed by atoms with Gasteiger partial charge in [0.25, 0.3) is 0 Å². The maximum atomic E-state index is 10.4. The van der Waals surface area contributed by atoms with Crippen molar-refractivity contribution >= 4 is 86.8 Å². The predicted molar refractivity (Wildman–Crippen MR) is 476 cm³/mol. The summed E-state index contributed by atoms with van der Waals surface area (Å²) in [5, 5.41) is 22.8.